The number of methoxy groups -OCH3 is 1. The van der Waals surface area contributed by atoms with Crippen molar-refractivity contribution in [3.8, 4) is 5.75 Å². The molecule has 186 valence electrons. The molecule has 5 nitrogen and oxygen atoms in total. The Morgan fingerprint density at radius 1 is 1.15 bits per heavy atom. The standard InChI is InChI=1S/C23H25Cl2FN2O2S.C2H6O/c1-31-27-23(29)20-10-19(15-4-5-15)22(11-21(20)26)30-18-3-2-6-28(13-18)12-14-7-16(24)9-17(25)8-14;1-3-2/h7-11,15,18H,2-6,12-13H2,1H3,(H,27,29);1-2H3. The molecule has 4 rings (SSSR count). The van der Waals surface area contributed by atoms with Crippen LogP contribution in [-0.4, -0.2) is 50.5 Å². The monoisotopic (exact) mass is 528 g/mol. The zero-order valence-corrected chi connectivity index (χ0v) is 22.0. The molecule has 2 aromatic rings. The molecule has 34 heavy (non-hydrogen) atoms. The van der Waals surface area contributed by atoms with Gasteiger partial charge in [-0.2, -0.15) is 0 Å². The highest BCUT2D eigenvalue weighted by Gasteiger charge is 2.31. The normalized spacial score (nSPS) is 18.1. The van der Waals surface area contributed by atoms with Crippen LogP contribution >= 0.6 is 35.1 Å². The highest BCUT2D eigenvalue weighted by atomic mass is 35.5. The lowest BCUT2D eigenvalue weighted by molar-refractivity contribution is 0.0832. The smallest absolute Gasteiger partial charge is 0.264 e. The Kier molecular flexibility index (Phi) is 10.3. The molecule has 2 aliphatic rings. The first-order valence-electron chi connectivity index (χ1n) is 11.3. The van der Waals surface area contributed by atoms with E-state index in [1.807, 2.05) is 12.1 Å². The Labute approximate surface area is 215 Å². The fourth-order valence-electron chi connectivity index (χ4n) is 4.10. The number of benzene rings is 2. The van der Waals surface area contributed by atoms with Crippen LogP contribution in [0.3, 0.4) is 0 Å². The van der Waals surface area contributed by atoms with Gasteiger partial charge in [-0.25, -0.2) is 4.39 Å². The maximum atomic E-state index is 14.7. The highest BCUT2D eigenvalue weighted by Crippen LogP contribution is 2.45. The molecular weight excluding hydrogens is 498 g/mol. The number of hydrogen-bond donors (Lipinski definition) is 1. The maximum absolute atomic E-state index is 14.7. The second kappa shape index (κ2) is 13.0. The molecule has 9 heteroatoms. The van der Waals surface area contributed by atoms with E-state index in [0.29, 0.717) is 21.7 Å². The average molecular weight is 530 g/mol. The number of rotatable bonds is 7. The molecule has 0 spiro atoms. The van der Waals surface area contributed by atoms with Gasteiger partial charge in [-0.1, -0.05) is 35.1 Å². The number of ether oxygens (including phenoxy) is 2. The van der Waals surface area contributed by atoms with Crippen LogP contribution < -0.4 is 9.46 Å². The lowest BCUT2D eigenvalue weighted by Crippen LogP contribution is -2.40. The summed E-state index contributed by atoms with van der Waals surface area (Å²) >= 11 is 13.4. The molecule has 0 radical (unpaired) electrons. The summed E-state index contributed by atoms with van der Waals surface area (Å²) in [7, 11) is 3.25. The first-order chi connectivity index (χ1) is 16.3. The van der Waals surface area contributed by atoms with E-state index >= 15 is 0 Å². The van der Waals surface area contributed by atoms with Crippen molar-refractivity contribution < 1.29 is 18.7 Å². The molecule has 0 aromatic heterocycles. The lowest BCUT2D eigenvalue weighted by atomic mass is 10.0. The molecule has 1 aliphatic heterocycles. The van der Waals surface area contributed by atoms with Crippen LogP contribution in [0.1, 0.15) is 53.1 Å². The zero-order chi connectivity index (χ0) is 24.7. The van der Waals surface area contributed by atoms with Gasteiger partial charge in [0.1, 0.15) is 17.7 Å². The third-order valence-electron chi connectivity index (χ3n) is 5.64. The Bertz CT molecular complexity index is 971. The summed E-state index contributed by atoms with van der Waals surface area (Å²) < 4.78 is 27.9. The van der Waals surface area contributed by atoms with E-state index in [9.17, 15) is 9.18 Å². The first-order valence-corrected chi connectivity index (χ1v) is 13.2. The van der Waals surface area contributed by atoms with Gasteiger partial charge < -0.3 is 9.47 Å². The molecule has 2 fully saturated rings. The fraction of sp³-hybridized carbons (Fsp3) is 0.480. The van der Waals surface area contributed by atoms with E-state index in [2.05, 4.69) is 14.4 Å². The predicted molar refractivity (Wildman–Crippen MR) is 138 cm³/mol. The van der Waals surface area contributed by atoms with Crippen LogP contribution in [0.5, 0.6) is 5.75 Å². The third-order valence-corrected chi connectivity index (χ3v) is 6.47. The number of nitrogens with zero attached hydrogens (tertiary/aromatic N) is 1. The zero-order valence-electron chi connectivity index (χ0n) is 19.7. The van der Waals surface area contributed by atoms with Gasteiger partial charge in [0.15, 0.2) is 0 Å². The molecule has 1 aliphatic carbocycles. The summed E-state index contributed by atoms with van der Waals surface area (Å²) in [4.78, 5) is 14.5. The minimum atomic E-state index is -0.549. The van der Waals surface area contributed by atoms with Crippen LogP contribution in [0.25, 0.3) is 0 Å². The minimum absolute atomic E-state index is 0.0359. The van der Waals surface area contributed by atoms with E-state index in [-0.39, 0.29) is 11.7 Å². The summed E-state index contributed by atoms with van der Waals surface area (Å²) in [5, 5.41) is 1.25. The number of halogens is 3. The van der Waals surface area contributed by atoms with Gasteiger partial charge in [0.05, 0.1) is 5.56 Å². The molecule has 1 amide bonds. The van der Waals surface area contributed by atoms with Gasteiger partial charge in [-0.05, 0) is 73.5 Å². The number of carbonyl (C=O) groups is 1. The van der Waals surface area contributed by atoms with Crippen molar-refractivity contribution in [3.05, 3.63) is 62.9 Å². The van der Waals surface area contributed by atoms with Gasteiger partial charge in [-0.3, -0.25) is 14.4 Å². The van der Waals surface area contributed by atoms with Crippen LogP contribution in [0, 0.1) is 5.82 Å². The largest absolute Gasteiger partial charge is 0.489 e. The number of likely N-dealkylation sites (tertiary alicyclic amines) is 1. The van der Waals surface area contributed by atoms with E-state index in [0.717, 1.165) is 68.4 Å². The lowest BCUT2D eigenvalue weighted by Gasteiger charge is -2.33. The van der Waals surface area contributed by atoms with E-state index in [4.69, 9.17) is 27.9 Å². The Balaban J connectivity index is 0.00000103. The van der Waals surface area contributed by atoms with Gasteiger partial charge >= 0.3 is 0 Å². The molecule has 1 unspecified atom stereocenters. The second-order valence-corrected chi connectivity index (χ2v) is 10.1. The molecule has 1 saturated carbocycles. The summed E-state index contributed by atoms with van der Waals surface area (Å²) in [5.41, 5.74) is 2.07. The summed E-state index contributed by atoms with van der Waals surface area (Å²) in [6.45, 7) is 2.43. The second-order valence-electron chi connectivity index (χ2n) is 8.58. The molecule has 1 atom stereocenters. The van der Waals surface area contributed by atoms with Crippen LogP contribution in [0.15, 0.2) is 30.3 Å². The fourth-order valence-corrected chi connectivity index (χ4v) is 4.97. The molecule has 1 saturated heterocycles. The Hall–Kier alpha value is -1.51. The highest BCUT2D eigenvalue weighted by molar-refractivity contribution is 7.97. The number of amides is 1. The molecule has 1 N–H and O–H groups in total. The first kappa shape index (κ1) is 27.1. The average Bonchev–Trinajstić information content (AvgIpc) is 3.59. The Morgan fingerprint density at radius 2 is 1.82 bits per heavy atom. The molecule has 1 heterocycles. The van der Waals surface area contributed by atoms with E-state index in [1.54, 1.807) is 32.6 Å². The van der Waals surface area contributed by atoms with Gasteiger partial charge in [0.2, 0.25) is 0 Å². The maximum Gasteiger partial charge on any atom is 0.264 e. The van der Waals surface area contributed by atoms with Gasteiger partial charge in [0.25, 0.3) is 5.91 Å². The van der Waals surface area contributed by atoms with Crippen molar-refractivity contribution in [2.45, 2.75) is 44.2 Å². The molecular formula is C25H31Cl2FN2O3S. The van der Waals surface area contributed by atoms with E-state index in [1.165, 1.54) is 6.07 Å². The van der Waals surface area contributed by atoms with Crippen LogP contribution in [-0.2, 0) is 11.3 Å². The van der Waals surface area contributed by atoms with Crippen LogP contribution in [0.2, 0.25) is 10.0 Å². The van der Waals surface area contributed by atoms with Crippen LogP contribution in [0.4, 0.5) is 4.39 Å². The predicted octanol–water partition coefficient (Wildman–Crippen LogP) is 6.32. The van der Waals surface area contributed by atoms with Crippen molar-refractivity contribution in [2.24, 2.45) is 0 Å². The van der Waals surface area contributed by atoms with E-state index < -0.39 is 11.7 Å². The number of carbonyl (C=O) groups excluding carboxylic acids is 1. The van der Waals surface area contributed by atoms with Crippen molar-refractivity contribution in [3.63, 3.8) is 0 Å². The van der Waals surface area contributed by atoms with Gasteiger partial charge in [-0.15, -0.1) is 0 Å². The summed E-state index contributed by atoms with van der Waals surface area (Å²) in [5.74, 6) is -0.0577. The van der Waals surface area contributed by atoms with Crippen molar-refractivity contribution >= 4 is 41.1 Å². The van der Waals surface area contributed by atoms with Crippen molar-refractivity contribution in [2.75, 3.05) is 33.6 Å². The summed E-state index contributed by atoms with van der Waals surface area (Å²) in [6.07, 6.45) is 5.69. The topological polar surface area (TPSA) is 50.8 Å². The SMILES string of the molecule is COC.CSNC(=O)c1cc(C2CC2)c(OC2CCCN(Cc3cc(Cl)cc(Cl)c3)C2)cc1F. The third kappa shape index (κ3) is 7.75. The summed E-state index contributed by atoms with van der Waals surface area (Å²) in [6, 6.07) is 8.64. The number of piperidine rings is 1. The van der Waals surface area contributed by atoms with Gasteiger partial charge in [0, 0.05) is 49.7 Å². The quantitative estimate of drug-likeness (QED) is 0.426. The Morgan fingerprint density at radius 3 is 2.44 bits per heavy atom. The van der Waals surface area contributed by atoms with Crippen molar-refractivity contribution in [1.82, 2.24) is 9.62 Å². The molecule has 0 bridgehead atoms. The molecule has 2 aromatic carbocycles. The minimum Gasteiger partial charge on any atom is -0.489 e. The number of nitrogens with one attached hydrogen (secondary N) is 1. The number of hydrogen-bond acceptors (Lipinski definition) is 5. The van der Waals surface area contributed by atoms with Crippen molar-refractivity contribution in [1.29, 1.82) is 0 Å².